The monoisotopic (exact) mass is 442 g/mol. The Kier molecular flexibility index (Phi) is 5.53. The molecule has 0 radical (unpaired) electrons. The van der Waals surface area contributed by atoms with Crippen LogP contribution in [0.3, 0.4) is 0 Å². The van der Waals surface area contributed by atoms with Crippen molar-refractivity contribution in [2.75, 3.05) is 5.32 Å². The van der Waals surface area contributed by atoms with Gasteiger partial charge in [0, 0.05) is 18.2 Å². The Labute approximate surface area is 184 Å². The molecule has 3 aromatic heterocycles. The Bertz CT molecular complexity index is 1130. The fourth-order valence-electron chi connectivity index (χ4n) is 3.04. The van der Waals surface area contributed by atoms with Gasteiger partial charge in [0.1, 0.15) is 10.8 Å². The summed E-state index contributed by atoms with van der Waals surface area (Å²) < 4.78 is 8.23. The maximum atomic E-state index is 12.5. The summed E-state index contributed by atoms with van der Waals surface area (Å²) in [7, 11) is 0. The number of hydrogen-bond donors (Lipinski definition) is 1. The lowest BCUT2D eigenvalue weighted by atomic mass is 10.2. The highest BCUT2D eigenvalue weighted by molar-refractivity contribution is 6.29. The van der Waals surface area contributed by atoms with Gasteiger partial charge in [-0.25, -0.2) is 14.5 Å². The first-order chi connectivity index (χ1) is 14.7. The van der Waals surface area contributed by atoms with E-state index in [1.54, 1.807) is 62.0 Å². The summed E-state index contributed by atoms with van der Waals surface area (Å²) in [6.45, 7) is 5.39. The first-order valence-electron chi connectivity index (χ1n) is 9.98. The Morgan fingerprint density at radius 2 is 2.00 bits per heavy atom. The minimum absolute atomic E-state index is 0.0472. The molecule has 0 spiro atoms. The molecule has 9 nitrogen and oxygen atoms in total. The van der Waals surface area contributed by atoms with Crippen molar-refractivity contribution in [3.05, 3.63) is 53.1 Å². The van der Waals surface area contributed by atoms with E-state index in [9.17, 15) is 9.59 Å². The largest absolute Gasteiger partial charge is 0.442 e. The van der Waals surface area contributed by atoms with Gasteiger partial charge in [0.25, 0.3) is 0 Å². The number of amides is 1. The molecule has 3 heterocycles. The summed E-state index contributed by atoms with van der Waals surface area (Å²) in [6, 6.07) is 8.68. The number of aromatic nitrogens is 5. The Morgan fingerprint density at radius 1 is 1.23 bits per heavy atom. The molecule has 1 N–H and O–H groups in total. The second-order valence-electron chi connectivity index (χ2n) is 8.42. The SMILES string of the molecule is CC(C)(C)OC(=O)n1nc(NC(=O)Cc2ccn(-c3cccc(Cl)n3)n2)cc1C1CC1. The zero-order valence-electron chi connectivity index (χ0n) is 17.5. The van der Waals surface area contributed by atoms with E-state index in [0.29, 0.717) is 22.5 Å². The zero-order chi connectivity index (χ0) is 22.2. The van der Waals surface area contributed by atoms with Gasteiger partial charge in [0.05, 0.1) is 17.8 Å². The number of nitrogens with zero attached hydrogens (tertiary/aromatic N) is 5. The number of anilines is 1. The average molecular weight is 443 g/mol. The highest BCUT2D eigenvalue weighted by Gasteiger charge is 2.32. The van der Waals surface area contributed by atoms with Gasteiger partial charge in [-0.2, -0.15) is 9.78 Å². The van der Waals surface area contributed by atoms with Crippen LogP contribution in [0.25, 0.3) is 5.82 Å². The highest BCUT2D eigenvalue weighted by atomic mass is 35.5. The third-order valence-electron chi connectivity index (χ3n) is 4.49. The predicted molar refractivity (Wildman–Crippen MR) is 115 cm³/mol. The second-order valence-corrected chi connectivity index (χ2v) is 8.80. The number of carbonyl (C=O) groups is 2. The molecule has 1 aliphatic carbocycles. The number of ether oxygens (including phenoxy) is 1. The molecule has 0 saturated heterocycles. The lowest BCUT2D eigenvalue weighted by molar-refractivity contribution is -0.115. The fraction of sp³-hybridized carbons (Fsp3) is 0.381. The first-order valence-corrected chi connectivity index (χ1v) is 10.4. The summed E-state index contributed by atoms with van der Waals surface area (Å²) in [6.07, 6.45) is 3.17. The second kappa shape index (κ2) is 8.14. The van der Waals surface area contributed by atoms with Gasteiger partial charge in [0.2, 0.25) is 5.91 Å². The topological polar surface area (TPSA) is 104 Å². The third-order valence-corrected chi connectivity index (χ3v) is 4.70. The molecular formula is C21H23ClN6O3. The number of carbonyl (C=O) groups excluding carboxylic acids is 2. The lowest BCUT2D eigenvalue weighted by Crippen LogP contribution is -2.28. The predicted octanol–water partition coefficient (Wildman–Crippen LogP) is 3.96. The Balaban J connectivity index is 1.44. The van der Waals surface area contributed by atoms with E-state index in [1.807, 2.05) is 0 Å². The van der Waals surface area contributed by atoms with E-state index >= 15 is 0 Å². The molecule has 0 unspecified atom stereocenters. The maximum absolute atomic E-state index is 12.5. The number of halogens is 1. The molecule has 1 fully saturated rings. The van der Waals surface area contributed by atoms with E-state index in [1.165, 1.54) is 4.68 Å². The molecular weight excluding hydrogens is 420 g/mol. The van der Waals surface area contributed by atoms with Crippen LogP contribution in [0, 0.1) is 0 Å². The van der Waals surface area contributed by atoms with Crippen LogP contribution in [-0.2, 0) is 16.0 Å². The van der Waals surface area contributed by atoms with Gasteiger partial charge >= 0.3 is 6.09 Å². The minimum atomic E-state index is -0.635. The van der Waals surface area contributed by atoms with E-state index in [0.717, 1.165) is 18.5 Å². The molecule has 1 amide bonds. The van der Waals surface area contributed by atoms with Gasteiger partial charge < -0.3 is 10.1 Å². The minimum Gasteiger partial charge on any atom is -0.442 e. The van der Waals surface area contributed by atoms with Crippen molar-refractivity contribution >= 4 is 29.4 Å². The molecule has 1 aliphatic rings. The smallest absolute Gasteiger partial charge is 0.435 e. The molecule has 3 aromatic rings. The number of hydrogen-bond acceptors (Lipinski definition) is 6. The van der Waals surface area contributed by atoms with Crippen molar-refractivity contribution in [1.29, 1.82) is 0 Å². The third kappa shape index (κ3) is 5.29. The van der Waals surface area contributed by atoms with E-state index in [4.69, 9.17) is 16.3 Å². The summed E-state index contributed by atoms with van der Waals surface area (Å²) >= 11 is 5.92. The fourth-order valence-corrected chi connectivity index (χ4v) is 3.20. The standard InChI is InChI=1S/C21H23ClN6O3/c1-21(2,3)31-20(30)28-15(13-7-8-13)12-17(26-28)24-19(29)11-14-9-10-27(25-14)18-6-4-5-16(22)23-18/h4-6,9-10,12-13H,7-8,11H2,1-3H3,(H,24,26,29). The summed E-state index contributed by atoms with van der Waals surface area (Å²) in [5.41, 5.74) is 0.679. The van der Waals surface area contributed by atoms with E-state index in [2.05, 4.69) is 20.5 Å². The van der Waals surface area contributed by atoms with Gasteiger partial charge in [0.15, 0.2) is 11.6 Å². The number of pyridine rings is 1. The van der Waals surface area contributed by atoms with Crippen LogP contribution in [0.2, 0.25) is 5.15 Å². The summed E-state index contributed by atoms with van der Waals surface area (Å²) in [4.78, 5) is 29.2. The van der Waals surface area contributed by atoms with Gasteiger partial charge in [-0.3, -0.25) is 4.79 Å². The normalized spacial score (nSPS) is 13.8. The number of rotatable bonds is 5. The van der Waals surface area contributed by atoms with Crippen LogP contribution in [0.15, 0.2) is 36.5 Å². The Morgan fingerprint density at radius 3 is 2.68 bits per heavy atom. The van der Waals surface area contributed by atoms with Crippen molar-refractivity contribution < 1.29 is 14.3 Å². The van der Waals surface area contributed by atoms with Crippen LogP contribution >= 0.6 is 11.6 Å². The van der Waals surface area contributed by atoms with Crippen LogP contribution in [0.5, 0.6) is 0 Å². The summed E-state index contributed by atoms with van der Waals surface area (Å²) in [5.74, 6) is 0.838. The molecule has 4 rings (SSSR count). The van der Waals surface area contributed by atoms with Crippen molar-refractivity contribution in [2.24, 2.45) is 0 Å². The molecule has 162 valence electrons. The number of nitrogens with one attached hydrogen (secondary N) is 1. The van der Waals surface area contributed by atoms with Gasteiger partial charge in [-0.15, -0.1) is 5.10 Å². The highest BCUT2D eigenvalue weighted by Crippen LogP contribution is 2.41. The van der Waals surface area contributed by atoms with Crippen LogP contribution in [-0.4, -0.2) is 42.1 Å². The van der Waals surface area contributed by atoms with Crippen LogP contribution in [0.1, 0.15) is 50.9 Å². The van der Waals surface area contributed by atoms with Crippen LogP contribution in [0.4, 0.5) is 10.6 Å². The average Bonchev–Trinajstić information content (AvgIpc) is 3.27. The molecule has 1 saturated carbocycles. The molecule has 0 atom stereocenters. The first kappa shape index (κ1) is 21.0. The zero-order valence-corrected chi connectivity index (χ0v) is 18.3. The van der Waals surface area contributed by atoms with Crippen molar-refractivity contribution in [3.8, 4) is 5.82 Å². The van der Waals surface area contributed by atoms with E-state index < -0.39 is 11.7 Å². The van der Waals surface area contributed by atoms with Gasteiger partial charge in [-0.05, 0) is 51.8 Å². The quantitative estimate of drug-likeness (QED) is 0.600. The molecule has 31 heavy (non-hydrogen) atoms. The van der Waals surface area contributed by atoms with Crippen molar-refractivity contribution in [1.82, 2.24) is 24.5 Å². The van der Waals surface area contributed by atoms with Crippen LogP contribution < -0.4 is 5.32 Å². The summed E-state index contributed by atoms with van der Waals surface area (Å²) in [5, 5.41) is 11.7. The van der Waals surface area contributed by atoms with Gasteiger partial charge in [-0.1, -0.05) is 17.7 Å². The molecule has 0 aromatic carbocycles. The molecule has 0 aliphatic heterocycles. The van der Waals surface area contributed by atoms with E-state index in [-0.39, 0.29) is 18.2 Å². The lowest BCUT2D eigenvalue weighted by Gasteiger charge is -2.19. The van der Waals surface area contributed by atoms with Crippen molar-refractivity contribution in [3.63, 3.8) is 0 Å². The Hall–Kier alpha value is -3.20. The van der Waals surface area contributed by atoms with Crippen molar-refractivity contribution in [2.45, 2.75) is 51.6 Å². The molecule has 0 bridgehead atoms. The maximum Gasteiger partial charge on any atom is 0.435 e. The molecule has 10 heteroatoms.